The molecule has 0 bridgehead atoms. The lowest BCUT2D eigenvalue weighted by atomic mass is 9.74. The Kier molecular flexibility index (Phi) is 4.09. The molecule has 3 aliphatic rings. The smallest absolute Gasteiger partial charge is 0.181 e. The first kappa shape index (κ1) is 17.5. The Morgan fingerprint density at radius 3 is 2.76 bits per heavy atom. The molecule has 2 aliphatic heterocycles. The number of aromatic nitrogens is 1. The fourth-order valence-electron chi connectivity index (χ4n) is 4.15. The van der Waals surface area contributed by atoms with Gasteiger partial charge in [0.1, 0.15) is 5.54 Å². The summed E-state index contributed by atoms with van der Waals surface area (Å²) in [5, 5.41) is 3.73. The highest BCUT2D eigenvalue weighted by atomic mass is 16.3. The molecule has 5 heteroatoms. The quantitative estimate of drug-likeness (QED) is 0.831. The maximum atomic E-state index is 6.25. The second-order valence-electron chi connectivity index (χ2n) is 7.54. The van der Waals surface area contributed by atoms with Crippen LogP contribution < -0.4 is 11.1 Å². The van der Waals surface area contributed by atoms with Crippen LogP contribution in [0, 0.1) is 0 Å². The molecule has 1 atom stereocenters. The molecular weight excluding hydrogens is 360 g/mol. The van der Waals surface area contributed by atoms with Crippen molar-refractivity contribution in [1.82, 2.24) is 10.3 Å². The van der Waals surface area contributed by atoms with Gasteiger partial charge in [0.05, 0.1) is 23.8 Å². The van der Waals surface area contributed by atoms with Gasteiger partial charge in [0.15, 0.2) is 12.2 Å². The van der Waals surface area contributed by atoms with Crippen molar-refractivity contribution >= 4 is 5.71 Å². The summed E-state index contributed by atoms with van der Waals surface area (Å²) in [5.74, 6) is 0.784. The van der Waals surface area contributed by atoms with Crippen LogP contribution in [0.2, 0.25) is 0 Å². The lowest BCUT2D eigenvalue weighted by Crippen LogP contribution is -2.56. The highest BCUT2D eigenvalue weighted by Crippen LogP contribution is 2.37. The highest BCUT2D eigenvalue weighted by Gasteiger charge is 2.43. The van der Waals surface area contributed by atoms with Gasteiger partial charge in [-0.1, -0.05) is 42.5 Å². The van der Waals surface area contributed by atoms with Gasteiger partial charge < -0.3 is 15.5 Å². The number of nitrogens with zero attached hydrogens (tertiary/aromatic N) is 2. The number of hydrogen-bond acceptors (Lipinski definition) is 5. The molecule has 144 valence electrons. The second-order valence-corrected chi connectivity index (χ2v) is 7.54. The van der Waals surface area contributed by atoms with Crippen LogP contribution in [-0.4, -0.2) is 16.2 Å². The molecule has 0 fully saturated rings. The van der Waals surface area contributed by atoms with Crippen LogP contribution in [-0.2, 0) is 6.42 Å². The fourth-order valence-corrected chi connectivity index (χ4v) is 4.15. The van der Waals surface area contributed by atoms with E-state index < -0.39 is 5.54 Å². The average molecular weight is 382 g/mol. The van der Waals surface area contributed by atoms with Crippen LogP contribution in [0.25, 0.3) is 11.3 Å². The van der Waals surface area contributed by atoms with Crippen molar-refractivity contribution in [3.8, 4) is 11.3 Å². The number of benzene rings is 1. The monoisotopic (exact) mass is 382 g/mol. The number of aryl methyl sites for hydroxylation is 1. The molecule has 0 saturated heterocycles. The minimum Gasteiger partial charge on any atom is -0.444 e. The molecule has 1 aromatic heterocycles. The van der Waals surface area contributed by atoms with Crippen molar-refractivity contribution in [3.05, 3.63) is 102 Å². The van der Waals surface area contributed by atoms with Crippen molar-refractivity contribution in [2.75, 3.05) is 0 Å². The maximum Gasteiger partial charge on any atom is 0.181 e. The lowest BCUT2D eigenvalue weighted by molar-refractivity contribution is 0.572. The molecule has 0 radical (unpaired) electrons. The van der Waals surface area contributed by atoms with Crippen molar-refractivity contribution in [3.63, 3.8) is 0 Å². The summed E-state index contributed by atoms with van der Waals surface area (Å²) in [7, 11) is 0. The van der Waals surface area contributed by atoms with E-state index in [1.165, 1.54) is 17.7 Å². The van der Waals surface area contributed by atoms with E-state index in [0.29, 0.717) is 5.70 Å². The number of aliphatic imine (C=N–C) groups is 1. The molecule has 0 amide bonds. The number of dihydropyridines is 1. The number of oxazole rings is 1. The molecule has 29 heavy (non-hydrogen) atoms. The zero-order chi connectivity index (χ0) is 19.8. The van der Waals surface area contributed by atoms with Crippen molar-refractivity contribution in [2.45, 2.75) is 25.3 Å². The van der Waals surface area contributed by atoms with Crippen LogP contribution >= 0.6 is 0 Å². The van der Waals surface area contributed by atoms with Gasteiger partial charge in [-0.25, -0.2) is 4.98 Å². The van der Waals surface area contributed by atoms with Gasteiger partial charge in [-0.15, -0.1) is 0 Å². The molecule has 0 saturated carbocycles. The van der Waals surface area contributed by atoms with E-state index in [2.05, 4.69) is 76.9 Å². The molecule has 5 rings (SSSR count). The molecule has 1 unspecified atom stereocenters. The molecular formula is C24H22N4O. The fraction of sp³-hybridized carbons (Fsp3) is 0.167. The van der Waals surface area contributed by atoms with E-state index in [-0.39, 0.29) is 0 Å². The van der Waals surface area contributed by atoms with E-state index in [9.17, 15) is 0 Å². The zero-order valence-electron chi connectivity index (χ0n) is 16.2. The van der Waals surface area contributed by atoms with Gasteiger partial charge in [-0.3, -0.25) is 4.99 Å². The van der Waals surface area contributed by atoms with E-state index in [1.807, 2.05) is 0 Å². The normalized spacial score (nSPS) is 22.3. The van der Waals surface area contributed by atoms with E-state index in [1.54, 1.807) is 12.4 Å². The standard InChI is InChI=1S/C24H22N4O/c1-16-3-2-12-24-20(21(25)13-27-23(16)24)11-10-19(28-24)9-6-17-4-7-18(8-5-17)22-14-26-15-29-22/h2-5,7-8,10-15,28H,6,9,25H2,1H3. The van der Waals surface area contributed by atoms with Gasteiger partial charge in [-0.05, 0) is 43.1 Å². The zero-order valence-corrected chi connectivity index (χ0v) is 16.2. The van der Waals surface area contributed by atoms with Crippen LogP contribution in [0.4, 0.5) is 0 Å². The summed E-state index contributed by atoms with van der Waals surface area (Å²) >= 11 is 0. The summed E-state index contributed by atoms with van der Waals surface area (Å²) < 4.78 is 5.36. The van der Waals surface area contributed by atoms with Crippen LogP contribution in [0.3, 0.4) is 0 Å². The lowest BCUT2D eigenvalue weighted by Gasteiger charge is -2.42. The Morgan fingerprint density at radius 1 is 1.10 bits per heavy atom. The van der Waals surface area contributed by atoms with Crippen molar-refractivity contribution in [1.29, 1.82) is 0 Å². The highest BCUT2D eigenvalue weighted by molar-refractivity contribution is 6.13. The predicted molar refractivity (Wildman–Crippen MR) is 115 cm³/mol. The van der Waals surface area contributed by atoms with Crippen molar-refractivity contribution in [2.24, 2.45) is 10.7 Å². The second kappa shape index (κ2) is 6.78. The Labute approximate surface area is 169 Å². The number of rotatable bonds is 4. The van der Waals surface area contributed by atoms with Gasteiger partial charge in [0.25, 0.3) is 0 Å². The van der Waals surface area contributed by atoms with Crippen molar-refractivity contribution < 1.29 is 4.42 Å². The summed E-state index contributed by atoms with van der Waals surface area (Å²) in [6.07, 6.45) is 17.4. The van der Waals surface area contributed by atoms with Crippen LogP contribution in [0.1, 0.15) is 18.9 Å². The number of hydrogen-bond donors (Lipinski definition) is 2. The average Bonchev–Trinajstić information content (AvgIpc) is 3.27. The van der Waals surface area contributed by atoms with Gasteiger partial charge >= 0.3 is 0 Å². The topological polar surface area (TPSA) is 76.4 Å². The van der Waals surface area contributed by atoms with E-state index >= 15 is 0 Å². The third-order valence-corrected chi connectivity index (χ3v) is 5.67. The Hall–Kier alpha value is -3.60. The molecule has 1 aromatic carbocycles. The summed E-state index contributed by atoms with van der Waals surface area (Å²) in [4.78, 5) is 8.62. The predicted octanol–water partition coefficient (Wildman–Crippen LogP) is 4.20. The van der Waals surface area contributed by atoms with Gasteiger partial charge in [-0.2, -0.15) is 0 Å². The minimum atomic E-state index is -0.460. The molecule has 5 nitrogen and oxygen atoms in total. The molecule has 1 spiro atoms. The summed E-state index contributed by atoms with van der Waals surface area (Å²) in [5.41, 5.74) is 13.2. The minimum absolute atomic E-state index is 0.460. The third-order valence-electron chi connectivity index (χ3n) is 5.67. The van der Waals surface area contributed by atoms with E-state index in [4.69, 9.17) is 10.2 Å². The Morgan fingerprint density at radius 2 is 1.97 bits per heavy atom. The summed E-state index contributed by atoms with van der Waals surface area (Å²) in [6.45, 7) is 2.09. The first-order chi connectivity index (χ1) is 14.2. The number of allylic oxidation sites excluding steroid dienone is 5. The first-order valence-electron chi connectivity index (χ1n) is 9.74. The third kappa shape index (κ3) is 2.95. The van der Waals surface area contributed by atoms with Gasteiger partial charge in [0, 0.05) is 16.8 Å². The Balaban J connectivity index is 1.35. The Bertz CT molecular complexity index is 1130. The summed E-state index contributed by atoms with van der Waals surface area (Å²) in [6, 6.07) is 8.43. The van der Waals surface area contributed by atoms with Crippen LogP contribution in [0.5, 0.6) is 0 Å². The molecule has 3 heterocycles. The molecule has 1 aliphatic carbocycles. The largest absolute Gasteiger partial charge is 0.444 e. The number of nitrogens with one attached hydrogen (secondary N) is 1. The number of nitrogens with two attached hydrogens (primary N) is 1. The maximum absolute atomic E-state index is 6.25. The molecule has 3 N–H and O–H groups in total. The van der Waals surface area contributed by atoms with Crippen LogP contribution in [0.15, 0.2) is 105 Å². The van der Waals surface area contributed by atoms with Gasteiger partial charge in [0.2, 0.25) is 0 Å². The first-order valence-corrected chi connectivity index (χ1v) is 9.74. The van der Waals surface area contributed by atoms with E-state index in [0.717, 1.165) is 41.0 Å². The molecule has 2 aromatic rings. The SMILES string of the molecule is CC1=CC=CC23NC(CCc4ccc(-c5cnco5)cc4)=CC=C2C(N)=CN=C13.